The maximum atomic E-state index is 5.88. The van der Waals surface area contributed by atoms with Crippen LogP contribution in [-0.2, 0) is 14.2 Å². The third-order valence-corrected chi connectivity index (χ3v) is 4.16. The fourth-order valence-corrected chi connectivity index (χ4v) is 2.65. The Balaban J connectivity index is 1.63. The van der Waals surface area contributed by atoms with Crippen molar-refractivity contribution in [2.24, 2.45) is 11.8 Å². The van der Waals surface area contributed by atoms with Gasteiger partial charge in [0.25, 0.3) is 0 Å². The monoisotopic (exact) mass is 242 g/mol. The molecule has 0 N–H and O–H groups in total. The molecule has 100 valence electrons. The highest BCUT2D eigenvalue weighted by Gasteiger charge is 2.42. The molecule has 3 heteroatoms. The molecular formula is C14H26O3. The lowest BCUT2D eigenvalue weighted by Gasteiger charge is -2.16. The zero-order valence-electron chi connectivity index (χ0n) is 11.5. The Morgan fingerprint density at radius 1 is 0.882 bits per heavy atom. The summed E-state index contributed by atoms with van der Waals surface area (Å²) in [4.78, 5) is 0. The number of hydrogen-bond acceptors (Lipinski definition) is 3. The molecule has 0 spiro atoms. The van der Waals surface area contributed by atoms with Crippen LogP contribution in [0, 0.1) is 11.8 Å². The van der Waals surface area contributed by atoms with E-state index in [1.54, 1.807) is 0 Å². The maximum Gasteiger partial charge on any atom is 0.0888 e. The molecule has 17 heavy (non-hydrogen) atoms. The quantitative estimate of drug-likeness (QED) is 0.614. The fraction of sp³-hybridized carbons (Fsp3) is 1.00. The Labute approximate surface area is 105 Å². The molecule has 2 saturated heterocycles. The molecular weight excluding hydrogens is 216 g/mol. The topological polar surface area (TPSA) is 34.3 Å². The van der Waals surface area contributed by atoms with Crippen LogP contribution in [0.1, 0.15) is 40.5 Å². The van der Waals surface area contributed by atoms with Gasteiger partial charge in [-0.05, 0) is 26.7 Å². The van der Waals surface area contributed by atoms with Gasteiger partial charge in [-0.1, -0.05) is 13.8 Å². The van der Waals surface area contributed by atoms with E-state index in [-0.39, 0.29) is 0 Å². The number of epoxide rings is 2. The average Bonchev–Trinajstić information content (AvgIpc) is 3.20. The number of hydrogen-bond donors (Lipinski definition) is 0. The Morgan fingerprint density at radius 3 is 1.47 bits per heavy atom. The summed E-state index contributed by atoms with van der Waals surface area (Å²) in [7, 11) is 0. The summed E-state index contributed by atoms with van der Waals surface area (Å²) < 4.78 is 16.9. The molecule has 2 aliphatic rings. The van der Waals surface area contributed by atoms with Crippen molar-refractivity contribution < 1.29 is 14.2 Å². The summed E-state index contributed by atoms with van der Waals surface area (Å²) in [6, 6.07) is 0. The first-order valence-electron chi connectivity index (χ1n) is 7.06. The van der Waals surface area contributed by atoms with Crippen LogP contribution in [0.25, 0.3) is 0 Å². The molecule has 0 aliphatic carbocycles. The van der Waals surface area contributed by atoms with Gasteiger partial charge >= 0.3 is 0 Å². The van der Waals surface area contributed by atoms with E-state index in [0.29, 0.717) is 36.3 Å². The van der Waals surface area contributed by atoms with E-state index in [4.69, 9.17) is 14.2 Å². The Morgan fingerprint density at radius 2 is 1.24 bits per heavy atom. The van der Waals surface area contributed by atoms with Gasteiger partial charge in [-0.25, -0.2) is 0 Å². The molecule has 2 fully saturated rings. The van der Waals surface area contributed by atoms with Gasteiger partial charge in [-0.3, -0.25) is 0 Å². The van der Waals surface area contributed by atoms with Gasteiger partial charge in [0.2, 0.25) is 0 Å². The molecule has 2 aliphatic heterocycles. The molecule has 6 unspecified atom stereocenters. The van der Waals surface area contributed by atoms with E-state index in [1.165, 1.54) is 0 Å². The smallest absolute Gasteiger partial charge is 0.0888 e. The van der Waals surface area contributed by atoms with Crippen LogP contribution in [0.15, 0.2) is 0 Å². The molecule has 0 radical (unpaired) electrons. The molecule has 6 atom stereocenters. The largest absolute Gasteiger partial charge is 0.381 e. The second-order valence-electron chi connectivity index (χ2n) is 5.49. The number of rotatable bonds is 8. The Bertz CT molecular complexity index is 220. The van der Waals surface area contributed by atoms with Crippen LogP contribution in [0.3, 0.4) is 0 Å². The first kappa shape index (κ1) is 13.3. The normalized spacial score (nSPS) is 38.8. The SMILES string of the molecule is CCC(COCC(CC)C1OC1C)C1OC1C. The second kappa shape index (κ2) is 5.68. The molecule has 3 nitrogen and oxygen atoms in total. The van der Waals surface area contributed by atoms with Crippen molar-refractivity contribution in [2.75, 3.05) is 13.2 Å². The van der Waals surface area contributed by atoms with Crippen molar-refractivity contribution >= 4 is 0 Å². The first-order chi connectivity index (χ1) is 8.17. The minimum Gasteiger partial charge on any atom is -0.381 e. The third-order valence-electron chi connectivity index (χ3n) is 4.16. The maximum absolute atomic E-state index is 5.88. The van der Waals surface area contributed by atoms with Gasteiger partial charge in [0.05, 0.1) is 37.6 Å². The lowest BCUT2D eigenvalue weighted by molar-refractivity contribution is 0.0528. The minimum atomic E-state index is 0.441. The first-order valence-corrected chi connectivity index (χ1v) is 7.06. The molecule has 2 rings (SSSR count). The Kier molecular flexibility index (Phi) is 4.45. The van der Waals surface area contributed by atoms with E-state index in [0.717, 1.165) is 26.1 Å². The van der Waals surface area contributed by atoms with E-state index < -0.39 is 0 Å². The van der Waals surface area contributed by atoms with Crippen LogP contribution >= 0.6 is 0 Å². The lowest BCUT2D eigenvalue weighted by Crippen LogP contribution is -2.21. The summed E-state index contributed by atoms with van der Waals surface area (Å²) in [6.45, 7) is 10.4. The third kappa shape index (κ3) is 3.43. The van der Waals surface area contributed by atoms with Gasteiger partial charge in [0.1, 0.15) is 0 Å². The van der Waals surface area contributed by atoms with Crippen molar-refractivity contribution in [3.63, 3.8) is 0 Å². The molecule has 0 aromatic carbocycles. The van der Waals surface area contributed by atoms with Crippen LogP contribution in [-0.4, -0.2) is 37.6 Å². The van der Waals surface area contributed by atoms with Crippen molar-refractivity contribution in [2.45, 2.75) is 65.0 Å². The molecule has 0 bridgehead atoms. The zero-order valence-corrected chi connectivity index (χ0v) is 11.5. The van der Waals surface area contributed by atoms with Crippen molar-refractivity contribution in [3.05, 3.63) is 0 Å². The summed E-state index contributed by atoms with van der Waals surface area (Å²) in [5.41, 5.74) is 0. The summed E-state index contributed by atoms with van der Waals surface area (Å²) in [6.07, 6.45) is 4.05. The highest BCUT2D eigenvalue weighted by Crippen LogP contribution is 2.33. The van der Waals surface area contributed by atoms with Crippen LogP contribution in [0.5, 0.6) is 0 Å². The van der Waals surface area contributed by atoms with Gasteiger partial charge < -0.3 is 14.2 Å². The predicted octanol–water partition coefficient (Wildman–Crippen LogP) is 2.63. The highest BCUT2D eigenvalue weighted by molar-refractivity contribution is 4.88. The highest BCUT2D eigenvalue weighted by atomic mass is 16.6. The molecule has 0 saturated carbocycles. The average molecular weight is 242 g/mol. The summed E-state index contributed by atoms with van der Waals surface area (Å²) >= 11 is 0. The van der Waals surface area contributed by atoms with E-state index in [1.807, 2.05) is 0 Å². The second-order valence-corrected chi connectivity index (χ2v) is 5.49. The van der Waals surface area contributed by atoms with E-state index in [9.17, 15) is 0 Å². The summed E-state index contributed by atoms with van der Waals surface area (Å²) in [5, 5.41) is 0. The van der Waals surface area contributed by atoms with Gasteiger partial charge in [0, 0.05) is 11.8 Å². The lowest BCUT2D eigenvalue weighted by atomic mass is 10.0. The fourth-order valence-electron chi connectivity index (χ4n) is 2.65. The van der Waals surface area contributed by atoms with E-state index in [2.05, 4.69) is 27.7 Å². The van der Waals surface area contributed by atoms with Crippen molar-refractivity contribution in [1.82, 2.24) is 0 Å². The van der Waals surface area contributed by atoms with Gasteiger partial charge in [-0.15, -0.1) is 0 Å². The van der Waals surface area contributed by atoms with Crippen LogP contribution < -0.4 is 0 Å². The standard InChI is InChI=1S/C14H26O3/c1-5-11(13-9(3)16-13)7-15-8-12(6-2)14-10(4)17-14/h9-14H,5-8H2,1-4H3. The Hall–Kier alpha value is -0.120. The zero-order chi connectivity index (χ0) is 12.4. The van der Waals surface area contributed by atoms with Crippen molar-refractivity contribution in [1.29, 1.82) is 0 Å². The minimum absolute atomic E-state index is 0.441. The van der Waals surface area contributed by atoms with Crippen LogP contribution in [0.2, 0.25) is 0 Å². The molecule has 0 aromatic heterocycles. The predicted molar refractivity (Wildman–Crippen MR) is 67.1 cm³/mol. The molecule has 0 aromatic rings. The van der Waals surface area contributed by atoms with Crippen LogP contribution in [0.4, 0.5) is 0 Å². The van der Waals surface area contributed by atoms with Gasteiger partial charge in [0.15, 0.2) is 0 Å². The molecule has 0 amide bonds. The van der Waals surface area contributed by atoms with Crippen molar-refractivity contribution in [3.8, 4) is 0 Å². The number of ether oxygens (including phenoxy) is 3. The van der Waals surface area contributed by atoms with Gasteiger partial charge in [-0.2, -0.15) is 0 Å². The summed E-state index contributed by atoms with van der Waals surface area (Å²) in [5.74, 6) is 1.14. The van der Waals surface area contributed by atoms with E-state index >= 15 is 0 Å². The molecule has 2 heterocycles.